The molecule has 1 aromatic heterocycles. The van der Waals surface area contributed by atoms with Gasteiger partial charge in [-0.1, -0.05) is 48.5 Å². The molecule has 0 unspecified atom stereocenters. The van der Waals surface area contributed by atoms with Gasteiger partial charge in [-0.2, -0.15) is 0 Å². The molecule has 0 saturated carbocycles. The zero-order chi connectivity index (χ0) is 33.3. The summed E-state index contributed by atoms with van der Waals surface area (Å²) in [6.07, 6.45) is 1.98. The third kappa shape index (κ3) is 11.9. The van der Waals surface area contributed by atoms with Crippen molar-refractivity contribution in [2.75, 3.05) is 13.1 Å². The molecule has 0 aliphatic rings. The molecule has 3 aromatic rings. The number of hydrogen-bond acceptors (Lipinski definition) is 8. The number of guanidine groups is 1. The van der Waals surface area contributed by atoms with E-state index < -0.39 is 41.8 Å². The Hall–Kier alpha value is -4.95. The van der Waals surface area contributed by atoms with Gasteiger partial charge in [0.15, 0.2) is 5.96 Å². The number of aliphatic imine (C=N–C) groups is 1. The summed E-state index contributed by atoms with van der Waals surface area (Å²) in [5.41, 5.74) is 23.6. The van der Waals surface area contributed by atoms with Gasteiger partial charge in [0.1, 0.15) is 30.5 Å². The summed E-state index contributed by atoms with van der Waals surface area (Å²) in [5.74, 6) is -1.89. The van der Waals surface area contributed by atoms with Crippen LogP contribution in [-0.4, -0.2) is 54.8 Å². The van der Waals surface area contributed by atoms with Crippen molar-refractivity contribution in [3.63, 3.8) is 0 Å². The number of primary amides is 1. The maximum absolute atomic E-state index is 13.5. The van der Waals surface area contributed by atoms with Crippen molar-refractivity contribution in [2.45, 2.75) is 56.8 Å². The van der Waals surface area contributed by atoms with Crippen LogP contribution >= 0.6 is 11.3 Å². The van der Waals surface area contributed by atoms with Crippen molar-refractivity contribution >= 4 is 40.9 Å². The second-order valence-electron chi connectivity index (χ2n) is 10.5. The lowest BCUT2D eigenvalue weighted by Gasteiger charge is -2.25. The smallest absolute Gasteiger partial charge is 0.261 e. The average molecular weight is 651 g/mol. The van der Waals surface area contributed by atoms with Crippen LogP contribution in [0.25, 0.3) is 0 Å². The number of benzene rings is 2. The molecule has 1 heterocycles. The zero-order valence-corrected chi connectivity index (χ0v) is 26.3. The highest BCUT2D eigenvalue weighted by Crippen LogP contribution is 2.20. The minimum absolute atomic E-state index is 0.0846. The second-order valence-corrected chi connectivity index (χ2v) is 11.4. The zero-order valence-electron chi connectivity index (χ0n) is 25.5. The molecule has 0 aliphatic carbocycles. The topological polar surface area (TPSA) is 230 Å². The Morgan fingerprint density at radius 2 is 1.46 bits per heavy atom. The van der Waals surface area contributed by atoms with Crippen LogP contribution in [0.15, 0.2) is 77.1 Å². The Bertz CT molecular complexity index is 1430. The van der Waals surface area contributed by atoms with Gasteiger partial charge in [0.05, 0.1) is 4.88 Å². The first-order valence-corrected chi connectivity index (χ1v) is 15.8. The summed E-state index contributed by atoms with van der Waals surface area (Å²) < 4.78 is 5.82. The molecule has 3 rings (SSSR count). The van der Waals surface area contributed by atoms with Crippen LogP contribution < -0.4 is 43.6 Å². The molecular weight excluding hydrogens is 608 g/mol. The van der Waals surface area contributed by atoms with Crippen molar-refractivity contribution < 1.29 is 23.9 Å². The minimum Gasteiger partial charge on any atom is -0.489 e. The van der Waals surface area contributed by atoms with Gasteiger partial charge in [0.25, 0.3) is 5.91 Å². The lowest BCUT2D eigenvalue weighted by atomic mass is 10.0. The first kappa shape index (κ1) is 35.5. The SMILES string of the molecule is NCCCC[C@H](NC(=O)[C@H](CCCN=C(N)N)NC(=O)c1cccs1)C(=O)N[C@H](C(N)=O)c1ccc(OCc2ccccc2)cc1. The van der Waals surface area contributed by atoms with E-state index in [0.717, 1.165) is 5.56 Å². The molecule has 46 heavy (non-hydrogen) atoms. The molecule has 14 heteroatoms. The van der Waals surface area contributed by atoms with Gasteiger partial charge in [-0.05, 0) is 73.4 Å². The van der Waals surface area contributed by atoms with Crippen molar-refractivity contribution in [1.29, 1.82) is 0 Å². The molecule has 246 valence electrons. The van der Waals surface area contributed by atoms with E-state index in [1.165, 1.54) is 11.3 Å². The van der Waals surface area contributed by atoms with E-state index >= 15 is 0 Å². The molecule has 3 atom stereocenters. The lowest BCUT2D eigenvalue weighted by molar-refractivity contribution is -0.132. The van der Waals surface area contributed by atoms with Crippen molar-refractivity contribution in [3.8, 4) is 5.75 Å². The molecule has 4 amide bonds. The number of nitrogens with two attached hydrogens (primary N) is 4. The molecule has 0 saturated heterocycles. The van der Waals surface area contributed by atoms with E-state index in [-0.39, 0.29) is 25.3 Å². The van der Waals surface area contributed by atoms with Crippen molar-refractivity contribution in [3.05, 3.63) is 88.1 Å². The molecule has 2 aromatic carbocycles. The predicted octanol–water partition coefficient (Wildman–Crippen LogP) is 1.44. The summed E-state index contributed by atoms with van der Waals surface area (Å²) in [6, 6.07) is 16.5. The van der Waals surface area contributed by atoms with Crippen LogP contribution in [-0.2, 0) is 21.0 Å². The molecule has 11 N–H and O–H groups in total. The lowest BCUT2D eigenvalue weighted by Crippen LogP contribution is -2.54. The maximum Gasteiger partial charge on any atom is 0.261 e. The summed E-state index contributed by atoms with van der Waals surface area (Å²) in [6.45, 7) is 1.01. The number of ether oxygens (including phenoxy) is 1. The summed E-state index contributed by atoms with van der Waals surface area (Å²) in [7, 11) is 0. The third-order valence-electron chi connectivity index (χ3n) is 6.92. The third-order valence-corrected chi connectivity index (χ3v) is 7.79. The van der Waals surface area contributed by atoms with Crippen LogP contribution in [0.1, 0.15) is 58.9 Å². The number of hydrogen-bond donors (Lipinski definition) is 7. The van der Waals surface area contributed by atoms with Gasteiger partial charge in [0.2, 0.25) is 17.7 Å². The monoisotopic (exact) mass is 650 g/mol. The van der Waals surface area contributed by atoms with E-state index in [1.54, 1.807) is 41.8 Å². The standard InChI is InChI=1S/C32H42N8O5S/c33-17-5-4-10-24(38-29(42)25(11-6-18-37-32(35)36)39-31(44)26-12-7-19-46-26)30(43)40-27(28(34)41)22-13-15-23(16-14-22)45-20-21-8-2-1-3-9-21/h1-3,7-9,12-16,19,24-25,27H,4-6,10-11,17-18,20,33H2,(H2,34,41)(H,38,42)(H,39,44)(H,40,43)(H4,35,36,37)/t24-,25-,27-/m0/s1. The van der Waals surface area contributed by atoms with Crippen LogP contribution in [0.5, 0.6) is 5.75 Å². The molecule has 0 fully saturated rings. The Morgan fingerprint density at radius 3 is 2.09 bits per heavy atom. The number of unbranched alkanes of at least 4 members (excludes halogenated alkanes) is 1. The van der Waals surface area contributed by atoms with Crippen LogP contribution in [0.4, 0.5) is 0 Å². The Morgan fingerprint density at radius 1 is 0.783 bits per heavy atom. The van der Waals surface area contributed by atoms with E-state index in [9.17, 15) is 19.2 Å². The van der Waals surface area contributed by atoms with Gasteiger partial charge in [-0.25, -0.2) is 0 Å². The molecule has 0 spiro atoms. The van der Waals surface area contributed by atoms with Crippen molar-refractivity contribution in [2.24, 2.45) is 27.9 Å². The van der Waals surface area contributed by atoms with E-state index in [0.29, 0.717) is 48.6 Å². The Balaban J connectivity index is 1.71. The molecule has 13 nitrogen and oxygen atoms in total. The number of nitrogens with zero attached hydrogens (tertiary/aromatic N) is 1. The molecule has 0 bridgehead atoms. The van der Waals surface area contributed by atoms with Crippen LogP contribution in [0.2, 0.25) is 0 Å². The quantitative estimate of drug-likeness (QED) is 0.0569. The van der Waals surface area contributed by atoms with E-state index in [2.05, 4.69) is 20.9 Å². The first-order chi connectivity index (χ1) is 22.2. The second kappa shape index (κ2) is 18.8. The highest BCUT2D eigenvalue weighted by Gasteiger charge is 2.29. The molecule has 0 aliphatic heterocycles. The average Bonchev–Trinajstić information content (AvgIpc) is 3.59. The van der Waals surface area contributed by atoms with E-state index in [1.807, 2.05) is 30.3 Å². The summed E-state index contributed by atoms with van der Waals surface area (Å²) in [5, 5.41) is 9.92. The fourth-order valence-corrected chi connectivity index (χ4v) is 5.13. The molecule has 0 radical (unpaired) electrons. The van der Waals surface area contributed by atoms with Gasteiger partial charge in [-0.3, -0.25) is 24.2 Å². The highest BCUT2D eigenvalue weighted by atomic mass is 32.1. The van der Waals surface area contributed by atoms with Crippen LogP contribution in [0, 0.1) is 0 Å². The van der Waals surface area contributed by atoms with Gasteiger partial charge in [0, 0.05) is 6.54 Å². The fourth-order valence-electron chi connectivity index (χ4n) is 4.50. The number of carbonyl (C=O) groups excluding carboxylic acids is 4. The normalized spacial score (nSPS) is 12.6. The first-order valence-electron chi connectivity index (χ1n) is 14.9. The van der Waals surface area contributed by atoms with Gasteiger partial charge in [-0.15, -0.1) is 11.3 Å². The number of thiophene rings is 1. The molecular formula is C32H42N8O5S. The summed E-state index contributed by atoms with van der Waals surface area (Å²) in [4.78, 5) is 56.7. The number of rotatable bonds is 19. The number of carbonyl (C=O) groups is 4. The summed E-state index contributed by atoms with van der Waals surface area (Å²) >= 11 is 1.23. The Kier molecular flexibility index (Phi) is 14.5. The Labute approximate surface area is 272 Å². The van der Waals surface area contributed by atoms with E-state index in [4.69, 9.17) is 27.7 Å². The predicted molar refractivity (Wildman–Crippen MR) is 178 cm³/mol. The fraction of sp³-hybridized carbons (Fsp3) is 0.344. The van der Waals surface area contributed by atoms with Gasteiger partial charge >= 0.3 is 0 Å². The number of amides is 4. The van der Waals surface area contributed by atoms with Gasteiger partial charge < -0.3 is 43.6 Å². The van der Waals surface area contributed by atoms with Crippen molar-refractivity contribution in [1.82, 2.24) is 16.0 Å². The van der Waals surface area contributed by atoms with Crippen LogP contribution in [0.3, 0.4) is 0 Å². The largest absolute Gasteiger partial charge is 0.489 e. The number of nitrogens with one attached hydrogen (secondary N) is 3. The highest BCUT2D eigenvalue weighted by molar-refractivity contribution is 7.12. The maximum atomic E-state index is 13.5. The minimum atomic E-state index is -1.17.